The quantitative estimate of drug-likeness (QED) is 0.262. The van der Waals surface area contributed by atoms with Crippen molar-refractivity contribution in [3.8, 4) is 11.5 Å². The summed E-state index contributed by atoms with van der Waals surface area (Å²) in [5.74, 6) is -0.567. The number of anilines is 1. The molecule has 0 radical (unpaired) electrons. The molecule has 2 aromatic heterocycles. The van der Waals surface area contributed by atoms with E-state index in [1.807, 2.05) is 60.8 Å². The van der Waals surface area contributed by atoms with Crippen molar-refractivity contribution in [1.82, 2.24) is 9.88 Å². The van der Waals surface area contributed by atoms with Gasteiger partial charge < -0.3 is 9.32 Å². The van der Waals surface area contributed by atoms with Gasteiger partial charge in [0, 0.05) is 16.0 Å². The van der Waals surface area contributed by atoms with Gasteiger partial charge in [-0.1, -0.05) is 36.4 Å². The summed E-state index contributed by atoms with van der Waals surface area (Å²) in [6.07, 6.45) is -0.0747. The molecule has 1 aliphatic heterocycles. The summed E-state index contributed by atoms with van der Waals surface area (Å²) in [5.41, 5.74) is 3.95. The number of rotatable bonds is 6. The van der Waals surface area contributed by atoms with Crippen LogP contribution in [0.15, 0.2) is 94.7 Å². The summed E-state index contributed by atoms with van der Waals surface area (Å²) in [6, 6.07) is 24.7. The SMILES string of the molecule is Cc1ccccc1C(=O)N(Cc1cccs1)C1CC(=O)N(c2ccc(-c3nc4ccccc4o3)cc2)C1=O. The van der Waals surface area contributed by atoms with Gasteiger partial charge in [0.1, 0.15) is 11.6 Å². The topological polar surface area (TPSA) is 83.7 Å². The molecule has 0 aliphatic carbocycles. The number of carbonyl (C=O) groups excluding carboxylic acids is 3. The normalized spacial score (nSPS) is 15.4. The molecule has 38 heavy (non-hydrogen) atoms. The Bertz CT molecular complexity index is 1620. The Labute approximate surface area is 222 Å². The molecule has 5 aromatic rings. The molecule has 0 saturated carbocycles. The van der Waals surface area contributed by atoms with Crippen molar-refractivity contribution in [2.75, 3.05) is 4.90 Å². The number of imide groups is 1. The average molecular weight is 522 g/mol. The Morgan fingerprint density at radius 1 is 1.00 bits per heavy atom. The molecule has 1 fully saturated rings. The number of fused-ring (bicyclic) bond motifs is 1. The monoisotopic (exact) mass is 521 g/mol. The number of aromatic nitrogens is 1. The van der Waals surface area contributed by atoms with Crippen LogP contribution in [0.1, 0.15) is 27.2 Å². The summed E-state index contributed by atoms with van der Waals surface area (Å²) in [4.78, 5) is 48.6. The van der Waals surface area contributed by atoms with Crippen LogP contribution < -0.4 is 4.90 Å². The first-order valence-electron chi connectivity index (χ1n) is 12.2. The second-order valence-electron chi connectivity index (χ2n) is 9.15. The highest BCUT2D eigenvalue weighted by Gasteiger charge is 2.44. The maximum atomic E-state index is 13.7. The number of carbonyl (C=O) groups is 3. The molecular formula is C30H23N3O4S. The van der Waals surface area contributed by atoms with Gasteiger partial charge in [-0.15, -0.1) is 11.3 Å². The first-order chi connectivity index (χ1) is 18.5. The zero-order valence-electron chi connectivity index (χ0n) is 20.5. The molecule has 1 saturated heterocycles. The average Bonchev–Trinajstić information content (AvgIpc) is 3.66. The van der Waals surface area contributed by atoms with Gasteiger partial charge in [0.15, 0.2) is 5.58 Å². The summed E-state index contributed by atoms with van der Waals surface area (Å²) >= 11 is 1.51. The van der Waals surface area contributed by atoms with E-state index in [4.69, 9.17) is 4.42 Å². The number of para-hydroxylation sites is 2. The molecule has 3 aromatic carbocycles. The lowest BCUT2D eigenvalue weighted by Crippen LogP contribution is -2.45. The number of hydrogen-bond acceptors (Lipinski definition) is 6. The Hall–Kier alpha value is -4.56. The minimum Gasteiger partial charge on any atom is -0.436 e. The Morgan fingerprint density at radius 3 is 2.50 bits per heavy atom. The second-order valence-corrected chi connectivity index (χ2v) is 10.2. The van der Waals surface area contributed by atoms with Gasteiger partial charge in [0.25, 0.3) is 11.8 Å². The van der Waals surface area contributed by atoms with Crippen molar-refractivity contribution in [2.45, 2.75) is 25.9 Å². The van der Waals surface area contributed by atoms with Crippen LogP contribution >= 0.6 is 11.3 Å². The number of hydrogen-bond donors (Lipinski definition) is 0. The van der Waals surface area contributed by atoms with Crippen LogP contribution in [0.3, 0.4) is 0 Å². The second kappa shape index (κ2) is 9.72. The van der Waals surface area contributed by atoms with Crippen molar-refractivity contribution in [3.63, 3.8) is 0 Å². The summed E-state index contributed by atoms with van der Waals surface area (Å²) in [6.45, 7) is 2.11. The zero-order valence-corrected chi connectivity index (χ0v) is 21.4. The first kappa shape index (κ1) is 23.8. The third kappa shape index (κ3) is 4.29. The molecule has 0 bridgehead atoms. The molecule has 7 nitrogen and oxygen atoms in total. The van der Waals surface area contributed by atoms with E-state index < -0.39 is 11.9 Å². The molecule has 6 rings (SSSR count). The van der Waals surface area contributed by atoms with E-state index in [-0.39, 0.29) is 24.8 Å². The Morgan fingerprint density at radius 2 is 1.76 bits per heavy atom. The van der Waals surface area contributed by atoms with Crippen LogP contribution in [0.25, 0.3) is 22.6 Å². The molecule has 0 N–H and O–H groups in total. The third-order valence-corrected chi connectivity index (χ3v) is 7.57. The minimum absolute atomic E-state index is 0.0747. The predicted octanol–water partition coefficient (Wildman–Crippen LogP) is 5.84. The van der Waals surface area contributed by atoms with E-state index in [0.717, 1.165) is 21.5 Å². The Balaban J connectivity index is 1.29. The zero-order chi connectivity index (χ0) is 26.2. The van der Waals surface area contributed by atoms with Gasteiger partial charge in [-0.3, -0.25) is 14.4 Å². The first-order valence-corrected chi connectivity index (χ1v) is 13.1. The van der Waals surface area contributed by atoms with E-state index in [2.05, 4.69) is 4.98 Å². The van der Waals surface area contributed by atoms with Crippen molar-refractivity contribution in [1.29, 1.82) is 0 Å². The molecule has 8 heteroatoms. The van der Waals surface area contributed by atoms with E-state index in [1.165, 1.54) is 21.1 Å². The van der Waals surface area contributed by atoms with Crippen LogP contribution in [0.2, 0.25) is 0 Å². The molecule has 3 heterocycles. The standard InChI is InChI=1S/C30H23N3O4S/c1-19-7-2-3-9-23(19)29(35)32(18-22-8-6-16-38-22)25-17-27(34)33(30(25)36)21-14-12-20(13-15-21)28-31-24-10-4-5-11-26(24)37-28/h2-16,25H,17-18H2,1H3. The maximum absolute atomic E-state index is 13.7. The van der Waals surface area contributed by atoms with Gasteiger partial charge in [0.05, 0.1) is 18.7 Å². The van der Waals surface area contributed by atoms with Crippen molar-refractivity contribution >= 4 is 45.8 Å². The van der Waals surface area contributed by atoms with Crippen molar-refractivity contribution in [2.24, 2.45) is 0 Å². The molecule has 1 atom stereocenters. The highest BCUT2D eigenvalue weighted by atomic mass is 32.1. The van der Waals surface area contributed by atoms with Gasteiger partial charge in [0.2, 0.25) is 11.8 Å². The van der Waals surface area contributed by atoms with Crippen molar-refractivity contribution < 1.29 is 18.8 Å². The minimum atomic E-state index is -0.895. The molecule has 1 aliphatic rings. The summed E-state index contributed by atoms with van der Waals surface area (Å²) in [7, 11) is 0. The van der Waals surface area contributed by atoms with Gasteiger partial charge in [-0.25, -0.2) is 9.88 Å². The number of aryl methyl sites for hydroxylation is 1. The lowest BCUT2D eigenvalue weighted by molar-refractivity contribution is -0.122. The number of amides is 3. The number of oxazole rings is 1. The number of thiophene rings is 1. The lowest BCUT2D eigenvalue weighted by Gasteiger charge is -2.28. The fourth-order valence-electron chi connectivity index (χ4n) is 4.74. The van der Waals surface area contributed by atoms with E-state index in [0.29, 0.717) is 22.7 Å². The number of nitrogens with zero attached hydrogens (tertiary/aromatic N) is 3. The highest BCUT2D eigenvalue weighted by Crippen LogP contribution is 2.31. The van der Waals surface area contributed by atoms with Gasteiger partial charge in [-0.05, 0) is 66.4 Å². The molecular weight excluding hydrogens is 498 g/mol. The van der Waals surface area contributed by atoms with Gasteiger partial charge in [-0.2, -0.15) is 0 Å². The largest absolute Gasteiger partial charge is 0.436 e. The van der Waals surface area contributed by atoms with Gasteiger partial charge >= 0.3 is 0 Å². The fraction of sp³-hybridized carbons (Fsp3) is 0.133. The summed E-state index contributed by atoms with van der Waals surface area (Å²) in [5, 5.41) is 1.93. The predicted molar refractivity (Wildman–Crippen MR) is 146 cm³/mol. The highest BCUT2D eigenvalue weighted by molar-refractivity contribution is 7.09. The third-order valence-electron chi connectivity index (χ3n) is 6.71. The molecule has 1 unspecified atom stereocenters. The smallest absolute Gasteiger partial charge is 0.257 e. The van der Waals surface area contributed by atoms with Crippen LogP contribution in [-0.4, -0.2) is 33.6 Å². The number of benzene rings is 3. The van der Waals surface area contributed by atoms with Crippen LogP contribution in [0.5, 0.6) is 0 Å². The fourth-order valence-corrected chi connectivity index (χ4v) is 5.44. The van der Waals surface area contributed by atoms with Crippen molar-refractivity contribution in [3.05, 3.63) is 106 Å². The summed E-state index contributed by atoms with van der Waals surface area (Å²) < 4.78 is 5.84. The molecule has 188 valence electrons. The van der Waals surface area contributed by atoms with Crippen LogP contribution in [0.4, 0.5) is 5.69 Å². The van der Waals surface area contributed by atoms with Crippen LogP contribution in [0, 0.1) is 6.92 Å². The van der Waals surface area contributed by atoms with Crippen LogP contribution in [-0.2, 0) is 16.1 Å². The lowest BCUT2D eigenvalue weighted by atomic mass is 10.1. The molecule has 3 amide bonds. The van der Waals surface area contributed by atoms with E-state index in [9.17, 15) is 14.4 Å². The Kier molecular flexibility index (Phi) is 6.09. The van der Waals surface area contributed by atoms with E-state index in [1.54, 1.807) is 36.4 Å². The van der Waals surface area contributed by atoms with E-state index >= 15 is 0 Å². The molecule has 0 spiro atoms. The maximum Gasteiger partial charge on any atom is 0.257 e.